The number of urea groups is 1. The van der Waals surface area contributed by atoms with Crippen molar-refractivity contribution in [3.63, 3.8) is 0 Å². The number of carboxylic acids is 1. The van der Waals surface area contributed by atoms with Gasteiger partial charge in [-0.25, -0.2) is 4.79 Å². The third-order valence-corrected chi connectivity index (χ3v) is 3.77. The lowest BCUT2D eigenvalue weighted by Gasteiger charge is -2.20. The summed E-state index contributed by atoms with van der Waals surface area (Å²) in [6.45, 7) is 0.800. The number of carbonyl (C=O) groups excluding carboxylic acids is 1. The summed E-state index contributed by atoms with van der Waals surface area (Å²) in [6.07, 6.45) is 0.169. The topological polar surface area (TPSA) is 78.9 Å². The minimum atomic E-state index is -0.947. The number of amides is 2. The summed E-state index contributed by atoms with van der Waals surface area (Å²) in [5.41, 5.74) is 0. The van der Waals surface area contributed by atoms with Crippen molar-refractivity contribution < 1.29 is 19.4 Å². The van der Waals surface area contributed by atoms with Crippen LogP contribution in [0.5, 0.6) is 0 Å². The second kappa shape index (κ2) is 8.55. The summed E-state index contributed by atoms with van der Waals surface area (Å²) >= 11 is 1.66. The Kier molecular flexibility index (Phi) is 7.03. The summed E-state index contributed by atoms with van der Waals surface area (Å²) in [7, 11) is 3.14. The minimum absolute atomic E-state index is 0.129. The molecular formula is C13H20N2O4S. The number of rotatable bonds is 8. The summed E-state index contributed by atoms with van der Waals surface area (Å²) in [5.74, 6) is -0.947. The van der Waals surface area contributed by atoms with Crippen molar-refractivity contribution in [1.29, 1.82) is 0 Å². The molecule has 2 N–H and O–H groups in total. The second-order valence-electron chi connectivity index (χ2n) is 4.39. The molecule has 1 aromatic heterocycles. The quantitative estimate of drug-likeness (QED) is 0.761. The smallest absolute Gasteiger partial charge is 0.317 e. The van der Waals surface area contributed by atoms with Gasteiger partial charge >= 0.3 is 12.0 Å². The van der Waals surface area contributed by atoms with Crippen molar-refractivity contribution in [2.45, 2.75) is 18.9 Å². The monoisotopic (exact) mass is 300 g/mol. The van der Waals surface area contributed by atoms with Crippen LogP contribution in [-0.2, 0) is 16.0 Å². The van der Waals surface area contributed by atoms with Crippen LogP contribution in [0.25, 0.3) is 0 Å². The van der Waals surface area contributed by atoms with Crippen molar-refractivity contribution in [3.05, 3.63) is 22.4 Å². The van der Waals surface area contributed by atoms with Gasteiger partial charge in [-0.15, -0.1) is 11.3 Å². The molecule has 0 saturated carbocycles. The normalized spacial score (nSPS) is 11.9. The third kappa shape index (κ3) is 6.03. The summed E-state index contributed by atoms with van der Waals surface area (Å²) in [6, 6.07) is 3.79. The third-order valence-electron chi connectivity index (χ3n) is 2.84. The molecule has 2 amide bonds. The maximum Gasteiger partial charge on any atom is 0.317 e. The molecule has 6 nitrogen and oxygen atoms in total. The highest BCUT2D eigenvalue weighted by Gasteiger charge is 2.15. The van der Waals surface area contributed by atoms with E-state index in [4.69, 9.17) is 9.84 Å². The van der Waals surface area contributed by atoms with E-state index in [1.54, 1.807) is 23.3 Å². The first kappa shape index (κ1) is 16.5. The van der Waals surface area contributed by atoms with Gasteiger partial charge in [-0.1, -0.05) is 6.07 Å². The number of ether oxygens (including phenoxy) is 1. The van der Waals surface area contributed by atoms with Crippen LogP contribution in [0.15, 0.2) is 17.5 Å². The standard InChI is InChI=1S/C13H20N2O4S/c1-15(6-5-11-4-3-7-20-11)13(18)14-9-10(19-2)8-12(16)17/h3-4,7,10H,5-6,8-9H2,1-2H3,(H,14,18)(H,16,17). The average molecular weight is 300 g/mol. The fraction of sp³-hybridized carbons (Fsp3) is 0.538. The Morgan fingerprint density at radius 3 is 2.85 bits per heavy atom. The van der Waals surface area contributed by atoms with E-state index in [0.717, 1.165) is 6.42 Å². The van der Waals surface area contributed by atoms with E-state index in [1.165, 1.54) is 12.0 Å². The van der Waals surface area contributed by atoms with Crippen LogP contribution in [0.3, 0.4) is 0 Å². The fourth-order valence-electron chi connectivity index (χ4n) is 1.60. The van der Waals surface area contributed by atoms with Crippen LogP contribution in [-0.4, -0.2) is 55.4 Å². The summed E-state index contributed by atoms with van der Waals surface area (Å²) < 4.78 is 5.00. The molecule has 0 saturated heterocycles. The highest BCUT2D eigenvalue weighted by molar-refractivity contribution is 7.09. The van der Waals surface area contributed by atoms with Crippen molar-refractivity contribution >= 4 is 23.3 Å². The second-order valence-corrected chi connectivity index (χ2v) is 5.42. The Hall–Kier alpha value is -1.60. The Bertz CT molecular complexity index is 422. The van der Waals surface area contributed by atoms with Gasteiger partial charge in [-0.3, -0.25) is 4.79 Å². The molecule has 1 heterocycles. The maximum absolute atomic E-state index is 11.8. The van der Waals surface area contributed by atoms with Crippen molar-refractivity contribution in [1.82, 2.24) is 10.2 Å². The van der Waals surface area contributed by atoms with Crippen molar-refractivity contribution in [2.75, 3.05) is 27.2 Å². The number of hydrogen-bond acceptors (Lipinski definition) is 4. The van der Waals surface area contributed by atoms with Gasteiger partial charge in [0.05, 0.1) is 12.5 Å². The molecule has 1 rings (SSSR count). The number of likely N-dealkylation sites (N-methyl/N-ethyl adjacent to an activating group) is 1. The highest BCUT2D eigenvalue weighted by atomic mass is 32.1. The van der Waals surface area contributed by atoms with Gasteiger partial charge in [0.15, 0.2) is 0 Å². The first-order valence-corrected chi connectivity index (χ1v) is 7.16. The van der Waals surface area contributed by atoms with E-state index >= 15 is 0 Å². The Labute approximate surface area is 122 Å². The van der Waals surface area contributed by atoms with E-state index in [0.29, 0.717) is 6.54 Å². The fourth-order valence-corrected chi connectivity index (χ4v) is 2.30. The first-order valence-electron chi connectivity index (χ1n) is 6.29. The van der Waals surface area contributed by atoms with Crippen LogP contribution >= 0.6 is 11.3 Å². The number of thiophene rings is 1. The van der Waals surface area contributed by atoms with Crippen LogP contribution in [0.2, 0.25) is 0 Å². The summed E-state index contributed by atoms with van der Waals surface area (Å²) in [4.78, 5) is 25.2. The zero-order chi connectivity index (χ0) is 15.0. The largest absolute Gasteiger partial charge is 0.481 e. The number of carboxylic acid groups (broad SMARTS) is 1. The van der Waals surface area contributed by atoms with Gasteiger partial charge in [0.2, 0.25) is 0 Å². The Morgan fingerprint density at radius 1 is 1.55 bits per heavy atom. The van der Waals surface area contributed by atoms with Crippen LogP contribution < -0.4 is 5.32 Å². The highest BCUT2D eigenvalue weighted by Crippen LogP contribution is 2.09. The van der Waals surface area contributed by atoms with Gasteiger partial charge in [0.25, 0.3) is 0 Å². The molecule has 0 aliphatic rings. The lowest BCUT2D eigenvalue weighted by Crippen LogP contribution is -2.42. The van der Waals surface area contributed by atoms with Gasteiger partial charge in [0, 0.05) is 32.1 Å². The van der Waals surface area contributed by atoms with Gasteiger partial charge in [-0.2, -0.15) is 0 Å². The average Bonchev–Trinajstić information content (AvgIpc) is 2.93. The van der Waals surface area contributed by atoms with Gasteiger partial charge < -0.3 is 20.1 Å². The molecule has 0 aliphatic heterocycles. The zero-order valence-electron chi connectivity index (χ0n) is 11.7. The maximum atomic E-state index is 11.8. The van der Waals surface area contributed by atoms with Gasteiger partial charge in [-0.05, 0) is 17.9 Å². The molecule has 112 valence electrons. The van der Waals surface area contributed by atoms with E-state index in [1.807, 2.05) is 17.5 Å². The minimum Gasteiger partial charge on any atom is -0.481 e. The number of methoxy groups -OCH3 is 1. The molecule has 7 heteroatoms. The molecule has 0 radical (unpaired) electrons. The Balaban J connectivity index is 2.28. The van der Waals surface area contributed by atoms with Crippen LogP contribution in [0.1, 0.15) is 11.3 Å². The van der Waals surface area contributed by atoms with Crippen LogP contribution in [0.4, 0.5) is 4.79 Å². The predicted octanol–water partition coefficient (Wildman–Crippen LogP) is 1.42. The summed E-state index contributed by atoms with van der Waals surface area (Å²) in [5, 5.41) is 13.4. The van der Waals surface area contributed by atoms with Crippen molar-refractivity contribution in [3.8, 4) is 0 Å². The number of hydrogen-bond donors (Lipinski definition) is 2. The molecule has 0 aromatic carbocycles. The van der Waals surface area contributed by atoms with E-state index < -0.39 is 12.1 Å². The predicted molar refractivity (Wildman–Crippen MR) is 77.1 cm³/mol. The van der Waals surface area contributed by atoms with E-state index in [-0.39, 0.29) is 19.0 Å². The first-order chi connectivity index (χ1) is 9.52. The number of nitrogens with one attached hydrogen (secondary N) is 1. The molecule has 0 aliphatic carbocycles. The van der Waals surface area contributed by atoms with E-state index in [2.05, 4.69) is 5.32 Å². The van der Waals surface area contributed by atoms with Crippen molar-refractivity contribution in [2.24, 2.45) is 0 Å². The molecule has 0 spiro atoms. The lowest BCUT2D eigenvalue weighted by molar-refractivity contribution is -0.139. The molecule has 20 heavy (non-hydrogen) atoms. The molecule has 0 fully saturated rings. The number of carbonyl (C=O) groups is 2. The number of nitrogens with zero attached hydrogens (tertiary/aromatic N) is 1. The lowest BCUT2D eigenvalue weighted by atomic mass is 10.2. The SMILES string of the molecule is COC(CNC(=O)N(C)CCc1cccs1)CC(=O)O. The van der Waals surface area contributed by atoms with Gasteiger partial charge in [0.1, 0.15) is 0 Å². The van der Waals surface area contributed by atoms with E-state index in [9.17, 15) is 9.59 Å². The zero-order valence-corrected chi connectivity index (χ0v) is 12.5. The Morgan fingerprint density at radius 2 is 2.30 bits per heavy atom. The molecular weight excluding hydrogens is 280 g/mol. The van der Waals surface area contributed by atoms with Crippen LogP contribution in [0, 0.1) is 0 Å². The molecule has 1 aromatic rings. The molecule has 0 bridgehead atoms. The molecule has 1 atom stereocenters. The number of aliphatic carboxylic acids is 1. The molecule has 1 unspecified atom stereocenters.